The van der Waals surface area contributed by atoms with Crippen LogP contribution in [0.15, 0.2) is 29.8 Å². The second-order valence-electron chi connectivity index (χ2n) is 6.80. The van der Waals surface area contributed by atoms with E-state index in [1.165, 1.54) is 36.9 Å². The number of fused-ring (bicyclic) bond motifs is 1. The molecule has 2 N–H and O–H groups in total. The molecule has 1 aromatic carbocycles. The Morgan fingerprint density at radius 3 is 3.00 bits per heavy atom. The van der Waals surface area contributed by atoms with Crippen molar-refractivity contribution in [1.82, 2.24) is 5.32 Å². The molecule has 1 aliphatic heterocycles. The largest absolute Gasteiger partial charge is 0.385 e. The number of ketones is 1. The van der Waals surface area contributed by atoms with Crippen molar-refractivity contribution in [3.63, 3.8) is 0 Å². The SMILES string of the molecule is CC(NCCC1=CCCCC1)C(=O)c1ccc2c(c1)CCCN2. The molecule has 1 atom stereocenters. The molecule has 2 aliphatic rings. The molecule has 3 nitrogen and oxygen atoms in total. The number of anilines is 1. The van der Waals surface area contributed by atoms with Crippen molar-refractivity contribution in [1.29, 1.82) is 0 Å². The summed E-state index contributed by atoms with van der Waals surface area (Å²) in [4.78, 5) is 12.6. The fourth-order valence-electron chi connectivity index (χ4n) is 3.55. The molecule has 0 saturated carbocycles. The smallest absolute Gasteiger partial charge is 0.179 e. The molecule has 0 saturated heterocycles. The molecule has 1 unspecified atom stereocenters. The van der Waals surface area contributed by atoms with Crippen LogP contribution in [0.25, 0.3) is 0 Å². The summed E-state index contributed by atoms with van der Waals surface area (Å²) in [7, 11) is 0. The number of hydrogen-bond acceptors (Lipinski definition) is 3. The zero-order valence-corrected chi connectivity index (χ0v) is 14.2. The van der Waals surface area contributed by atoms with Crippen molar-refractivity contribution < 1.29 is 4.79 Å². The fraction of sp³-hybridized carbons (Fsp3) is 0.550. The van der Waals surface area contributed by atoms with Crippen LogP contribution in [0.4, 0.5) is 5.69 Å². The van der Waals surface area contributed by atoms with Crippen molar-refractivity contribution in [2.24, 2.45) is 0 Å². The summed E-state index contributed by atoms with van der Waals surface area (Å²) in [5, 5.41) is 6.80. The van der Waals surface area contributed by atoms with Gasteiger partial charge in [-0.25, -0.2) is 0 Å². The Morgan fingerprint density at radius 2 is 2.17 bits per heavy atom. The minimum Gasteiger partial charge on any atom is -0.385 e. The first-order chi connectivity index (χ1) is 11.2. The molecule has 0 aromatic heterocycles. The van der Waals surface area contributed by atoms with E-state index < -0.39 is 0 Å². The summed E-state index contributed by atoms with van der Waals surface area (Å²) in [5.74, 6) is 0.205. The molecule has 1 aliphatic carbocycles. The summed E-state index contributed by atoms with van der Waals surface area (Å²) in [5.41, 5.74) is 4.87. The number of Topliss-reactive ketones (excluding diaryl/α,β-unsaturated/α-hetero) is 1. The van der Waals surface area contributed by atoms with Gasteiger partial charge in [-0.05, 0) is 82.2 Å². The Hall–Kier alpha value is -1.61. The number of rotatable bonds is 6. The van der Waals surface area contributed by atoms with E-state index in [2.05, 4.69) is 28.8 Å². The van der Waals surface area contributed by atoms with E-state index in [0.29, 0.717) is 0 Å². The fourth-order valence-corrected chi connectivity index (χ4v) is 3.55. The Kier molecular flexibility index (Phi) is 5.50. The van der Waals surface area contributed by atoms with Gasteiger partial charge in [0.2, 0.25) is 0 Å². The van der Waals surface area contributed by atoms with Gasteiger partial charge in [0, 0.05) is 17.8 Å². The van der Waals surface area contributed by atoms with E-state index in [1.54, 1.807) is 5.57 Å². The molecular formula is C20H28N2O. The van der Waals surface area contributed by atoms with Crippen molar-refractivity contribution in [3.8, 4) is 0 Å². The van der Waals surface area contributed by atoms with Crippen LogP contribution in [0, 0.1) is 0 Å². The summed E-state index contributed by atoms with van der Waals surface area (Å²) < 4.78 is 0. The third kappa shape index (κ3) is 4.23. The van der Waals surface area contributed by atoms with Crippen molar-refractivity contribution >= 4 is 11.5 Å². The van der Waals surface area contributed by atoms with Gasteiger partial charge in [-0.1, -0.05) is 11.6 Å². The average molecular weight is 312 g/mol. The number of aryl methyl sites for hydroxylation is 1. The van der Waals surface area contributed by atoms with Gasteiger partial charge >= 0.3 is 0 Å². The monoisotopic (exact) mass is 312 g/mol. The van der Waals surface area contributed by atoms with Crippen LogP contribution in [0.1, 0.15) is 61.4 Å². The molecule has 3 heteroatoms. The van der Waals surface area contributed by atoms with Gasteiger partial charge in [-0.2, -0.15) is 0 Å². The lowest BCUT2D eigenvalue weighted by atomic mass is 9.96. The molecule has 124 valence electrons. The minimum absolute atomic E-state index is 0.117. The number of carbonyl (C=O) groups is 1. The summed E-state index contributed by atoms with van der Waals surface area (Å²) in [6.07, 6.45) is 10.8. The van der Waals surface area contributed by atoms with E-state index in [0.717, 1.165) is 37.9 Å². The Balaban J connectivity index is 1.53. The predicted molar refractivity (Wildman–Crippen MR) is 96.2 cm³/mol. The van der Waals surface area contributed by atoms with Crippen molar-refractivity contribution in [2.45, 2.75) is 57.9 Å². The van der Waals surface area contributed by atoms with Gasteiger partial charge in [0.25, 0.3) is 0 Å². The lowest BCUT2D eigenvalue weighted by Gasteiger charge is -2.20. The summed E-state index contributed by atoms with van der Waals surface area (Å²) >= 11 is 0. The topological polar surface area (TPSA) is 41.1 Å². The maximum Gasteiger partial charge on any atom is 0.179 e. The Labute approximate surface area is 139 Å². The van der Waals surface area contributed by atoms with Crippen molar-refractivity contribution in [3.05, 3.63) is 41.0 Å². The highest BCUT2D eigenvalue weighted by molar-refractivity contribution is 6.00. The summed E-state index contributed by atoms with van der Waals surface area (Å²) in [6, 6.07) is 5.97. The predicted octanol–water partition coefficient (Wildman–Crippen LogP) is 4.10. The second-order valence-corrected chi connectivity index (χ2v) is 6.80. The zero-order valence-electron chi connectivity index (χ0n) is 14.2. The highest BCUT2D eigenvalue weighted by atomic mass is 16.1. The highest BCUT2D eigenvalue weighted by Gasteiger charge is 2.17. The molecule has 1 heterocycles. The first-order valence-corrected chi connectivity index (χ1v) is 9.06. The van der Waals surface area contributed by atoms with E-state index in [-0.39, 0.29) is 11.8 Å². The first kappa shape index (κ1) is 16.3. The van der Waals surface area contributed by atoms with Crippen LogP contribution in [0.5, 0.6) is 0 Å². The number of benzene rings is 1. The zero-order chi connectivity index (χ0) is 16.1. The molecule has 3 rings (SSSR count). The third-order valence-corrected chi connectivity index (χ3v) is 5.00. The number of carbonyl (C=O) groups excluding carboxylic acids is 1. The van der Waals surface area contributed by atoms with Crippen LogP contribution in [-0.2, 0) is 6.42 Å². The van der Waals surface area contributed by atoms with Crippen LogP contribution in [0.2, 0.25) is 0 Å². The second kappa shape index (κ2) is 7.78. The molecule has 0 fully saturated rings. The van der Waals surface area contributed by atoms with E-state index in [9.17, 15) is 4.79 Å². The molecule has 1 aromatic rings. The third-order valence-electron chi connectivity index (χ3n) is 5.00. The van der Waals surface area contributed by atoms with Crippen molar-refractivity contribution in [2.75, 3.05) is 18.4 Å². The first-order valence-electron chi connectivity index (χ1n) is 9.06. The van der Waals surface area contributed by atoms with Crippen LogP contribution in [0.3, 0.4) is 0 Å². The molecule has 0 radical (unpaired) electrons. The van der Waals surface area contributed by atoms with Gasteiger partial charge in [-0.3, -0.25) is 4.79 Å². The lowest BCUT2D eigenvalue weighted by molar-refractivity contribution is 0.0951. The normalized spacial score (nSPS) is 18.6. The maximum atomic E-state index is 12.6. The van der Waals surface area contributed by atoms with Gasteiger partial charge in [0.1, 0.15) is 0 Å². The number of nitrogens with one attached hydrogen (secondary N) is 2. The van der Waals surface area contributed by atoms with Gasteiger partial charge in [0.15, 0.2) is 5.78 Å². The van der Waals surface area contributed by atoms with Gasteiger partial charge < -0.3 is 10.6 Å². The summed E-state index contributed by atoms with van der Waals surface area (Å²) in [6.45, 7) is 3.91. The Bertz CT molecular complexity index is 591. The molecule has 23 heavy (non-hydrogen) atoms. The quantitative estimate of drug-likeness (QED) is 0.614. The minimum atomic E-state index is -0.117. The highest BCUT2D eigenvalue weighted by Crippen LogP contribution is 2.23. The Morgan fingerprint density at radius 1 is 1.26 bits per heavy atom. The van der Waals surface area contributed by atoms with Gasteiger partial charge in [-0.15, -0.1) is 0 Å². The van der Waals surface area contributed by atoms with Gasteiger partial charge in [0.05, 0.1) is 6.04 Å². The lowest BCUT2D eigenvalue weighted by Crippen LogP contribution is -2.35. The van der Waals surface area contributed by atoms with Crippen LogP contribution < -0.4 is 10.6 Å². The average Bonchev–Trinajstić information content (AvgIpc) is 2.61. The molecule has 0 bridgehead atoms. The molecular weight excluding hydrogens is 284 g/mol. The van der Waals surface area contributed by atoms with Crippen LogP contribution in [-0.4, -0.2) is 24.9 Å². The van der Waals surface area contributed by atoms with E-state index in [4.69, 9.17) is 0 Å². The number of hydrogen-bond donors (Lipinski definition) is 2. The molecule has 0 spiro atoms. The van der Waals surface area contributed by atoms with Crippen LogP contribution >= 0.6 is 0 Å². The number of allylic oxidation sites excluding steroid dienone is 1. The maximum absolute atomic E-state index is 12.6. The molecule has 0 amide bonds. The standard InChI is InChI=1S/C20H28N2O/c1-15(21-13-11-16-6-3-2-4-7-16)20(23)18-9-10-19-17(14-18)8-5-12-22-19/h6,9-10,14-15,21-22H,2-5,7-8,11-13H2,1H3. The van der Waals surface area contributed by atoms with E-state index >= 15 is 0 Å². The van der Waals surface area contributed by atoms with E-state index in [1.807, 2.05) is 13.0 Å².